The van der Waals surface area contributed by atoms with Gasteiger partial charge in [-0.1, -0.05) is 32.6 Å². The van der Waals surface area contributed by atoms with Gasteiger partial charge in [-0.05, 0) is 19.8 Å². The Hall–Kier alpha value is -0.0800. The van der Waals surface area contributed by atoms with E-state index in [2.05, 4.69) is 20.9 Å². The molecular weight excluding hydrogens is 186 g/mol. The van der Waals surface area contributed by atoms with Crippen molar-refractivity contribution in [1.82, 2.24) is 0 Å². The van der Waals surface area contributed by atoms with E-state index in [4.69, 9.17) is 5.11 Å². The zero-order chi connectivity index (χ0) is 11.6. The van der Waals surface area contributed by atoms with Crippen molar-refractivity contribution in [3.8, 4) is 0 Å². The van der Waals surface area contributed by atoms with Crippen molar-refractivity contribution in [2.75, 3.05) is 33.3 Å². The van der Waals surface area contributed by atoms with E-state index in [1.807, 2.05) is 0 Å². The van der Waals surface area contributed by atoms with E-state index in [9.17, 15) is 0 Å². The van der Waals surface area contributed by atoms with Crippen LogP contribution in [0.5, 0.6) is 0 Å². The van der Waals surface area contributed by atoms with E-state index in [1.165, 1.54) is 45.1 Å². The van der Waals surface area contributed by atoms with Crippen LogP contribution in [-0.4, -0.2) is 42.9 Å². The lowest BCUT2D eigenvalue weighted by Gasteiger charge is -2.32. The molecule has 0 amide bonds. The van der Waals surface area contributed by atoms with Crippen LogP contribution in [0, 0.1) is 0 Å². The first-order valence-corrected chi connectivity index (χ1v) is 6.63. The molecule has 92 valence electrons. The van der Waals surface area contributed by atoms with Crippen LogP contribution < -0.4 is 0 Å². The maximum atomic E-state index is 8.99. The molecule has 0 bridgehead atoms. The van der Waals surface area contributed by atoms with Gasteiger partial charge in [-0.3, -0.25) is 0 Å². The highest BCUT2D eigenvalue weighted by Gasteiger charge is 2.16. The molecule has 0 aliphatic carbocycles. The van der Waals surface area contributed by atoms with Crippen molar-refractivity contribution >= 4 is 0 Å². The van der Waals surface area contributed by atoms with Crippen LogP contribution in [-0.2, 0) is 0 Å². The number of rotatable bonds is 10. The Balaban J connectivity index is 3.46. The fourth-order valence-electron chi connectivity index (χ4n) is 1.94. The highest BCUT2D eigenvalue weighted by atomic mass is 16.3. The smallest absolute Gasteiger partial charge is 0.102 e. The fourth-order valence-corrected chi connectivity index (χ4v) is 1.94. The number of quaternary nitrogens is 1. The number of likely N-dealkylation sites (N-methyl/N-ethyl adjacent to an activating group) is 1. The van der Waals surface area contributed by atoms with Crippen molar-refractivity contribution in [3.05, 3.63) is 0 Å². The first-order chi connectivity index (χ1) is 7.18. The molecule has 1 unspecified atom stereocenters. The summed E-state index contributed by atoms with van der Waals surface area (Å²) in [6, 6.07) is 0. The SMILES string of the molecule is CCCCCCCC[N+](C)(CC)CCO. The molecule has 0 aliphatic heterocycles. The third-order valence-corrected chi connectivity index (χ3v) is 3.45. The van der Waals surface area contributed by atoms with Crippen LogP contribution in [0.4, 0.5) is 0 Å². The summed E-state index contributed by atoms with van der Waals surface area (Å²) < 4.78 is 1.03. The molecule has 1 N–H and O–H groups in total. The van der Waals surface area contributed by atoms with Gasteiger partial charge in [-0.15, -0.1) is 0 Å². The lowest BCUT2D eigenvalue weighted by molar-refractivity contribution is -0.908. The van der Waals surface area contributed by atoms with E-state index in [1.54, 1.807) is 0 Å². The molecule has 0 saturated carbocycles. The van der Waals surface area contributed by atoms with Crippen molar-refractivity contribution in [2.45, 2.75) is 52.4 Å². The van der Waals surface area contributed by atoms with Gasteiger partial charge < -0.3 is 9.59 Å². The van der Waals surface area contributed by atoms with E-state index in [0.717, 1.165) is 17.6 Å². The Morgan fingerprint density at radius 3 is 2.00 bits per heavy atom. The van der Waals surface area contributed by atoms with Gasteiger partial charge >= 0.3 is 0 Å². The molecule has 0 spiro atoms. The summed E-state index contributed by atoms with van der Waals surface area (Å²) in [6.45, 7) is 8.06. The molecule has 2 nitrogen and oxygen atoms in total. The quantitative estimate of drug-likeness (QED) is 0.440. The van der Waals surface area contributed by atoms with Crippen LogP contribution in [0.2, 0.25) is 0 Å². The summed E-state index contributed by atoms with van der Waals surface area (Å²) in [6.07, 6.45) is 8.17. The van der Waals surface area contributed by atoms with Crippen LogP contribution in [0.3, 0.4) is 0 Å². The van der Waals surface area contributed by atoms with Gasteiger partial charge in [0.25, 0.3) is 0 Å². The average Bonchev–Trinajstić information content (AvgIpc) is 2.24. The zero-order valence-corrected chi connectivity index (χ0v) is 11.0. The van der Waals surface area contributed by atoms with Gasteiger partial charge in [0, 0.05) is 0 Å². The minimum absolute atomic E-state index is 0.320. The number of hydrogen-bond donors (Lipinski definition) is 1. The molecule has 0 radical (unpaired) electrons. The van der Waals surface area contributed by atoms with Gasteiger partial charge in [0.15, 0.2) is 0 Å². The van der Waals surface area contributed by atoms with E-state index >= 15 is 0 Å². The van der Waals surface area contributed by atoms with Gasteiger partial charge in [-0.25, -0.2) is 0 Å². The van der Waals surface area contributed by atoms with Gasteiger partial charge in [-0.2, -0.15) is 0 Å². The highest BCUT2D eigenvalue weighted by Crippen LogP contribution is 2.09. The summed E-state index contributed by atoms with van der Waals surface area (Å²) in [4.78, 5) is 0. The highest BCUT2D eigenvalue weighted by molar-refractivity contribution is 4.45. The maximum Gasteiger partial charge on any atom is 0.102 e. The molecule has 0 fully saturated rings. The Bertz CT molecular complexity index is 138. The Labute approximate surface area is 95.9 Å². The zero-order valence-electron chi connectivity index (χ0n) is 11.0. The summed E-state index contributed by atoms with van der Waals surface area (Å²) in [7, 11) is 2.25. The number of hydrogen-bond acceptors (Lipinski definition) is 1. The molecule has 0 rings (SSSR count). The van der Waals surface area contributed by atoms with E-state index < -0.39 is 0 Å². The van der Waals surface area contributed by atoms with Crippen LogP contribution in [0.1, 0.15) is 52.4 Å². The van der Waals surface area contributed by atoms with Crippen LogP contribution in [0.25, 0.3) is 0 Å². The lowest BCUT2D eigenvalue weighted by atomic mass is 10.1. The summed E-state index contributed by atoms with van der Waals surface area (Å²) in [5, 5.41) is 8.99. The van der Waals surface area contributed by atoms with Crippen LogP contribution in [0.15, 0.2) is 0 Å². The van der Waals surface area contributed by atoms with Gasteiger partial charge in [0.05, 0.1) is 26.7 Å². The second kappa shape index (κ2) is 9.17. The molecule has 1 atom stereocenters. The topological polar surface area (TPSA) is 20.2 Å². The standard InChI is InChI=1S/C13H30NO/c1-4-6-7-8-9-10-11-14(3,5-2)12-13-15/h15H,4-13H2,1-3H3/q+1. The normalized spacial score (nSPS) is 15.2. The fraction of sp³-hybridized carbons (Fsp3) is 1.00. The average molecular weight is 216 g/mol. The molecule has 0 aromatic rings. The number of unbranched alkanes of at least 4 members (excludes halogenated alkanes) is 5. The molecular formula is C13H30NO+. The lowest BCUT2D eigenvalue weighted by Crippen LogP contribution is -2.46. The maximum absolute atomic E-state index is 8.99. The summed E-state index contributed by atoms with van der Waals surface area (Å²) in [5.41, 5.74) is 0. The molecule has 0 aromatic heterocycles. The molecule has 15 heavy (non-hydrogen) atoms. The molecule has 2 heteroatoms. The predicted octanol–water partition coefficient (Wildman–Crippen LogP) is 2.81. The van der Waals surface area contributed by atoms with Crippen molar-refractivity contribution < 1.29 is 9.59 Å². The van der Waals surface area contributed by atoms with Gasteiger partial charge in [0.2, 0.25) is 0 Å². The largest absolute Gasteiger partial charge is 0.391 e. The predicted molar refractivity (Wildman–Crippen MR) is 66.9 cm³/mol. The number of nitrogens with zero attached hydrogens (tertiary/aromatic N) is 1. The minimum Gasteiger partial charge on any atom is -0.391 e. The monoisotopic (exact) mass is 216 g/mol. The van der Waals surface area contributed by atoms with E-state index in [-0.39, 0.29) is 0 Å². The number of aliphatic hydroxyl groups is 1. The third-order valence-electron chi connectivity index (χ3n) is 3.45. The first-order valence-electron chi connectivity index (χ1n) is 6.63. The first kappa shape index (κ1) is 14.9. The van der Waals surface area contributed by atoms with E-state index in [0.29, 0.717) is 6.61 Å². The van der Waals surface area contributed by atoms with Crippen LogP contribution >= 0.6 is 0 Å². The summed E-state index contributed by atoms with van der Waals surface area (Å²) in [5.74, 6) is 0. The Morgan fingerprint density at radius 1 is 0.867 bits per heavy atom. The minimum atomic E-state index is 0.320. The summed E-state index contributed by atoms with van der Waals surface area (Å²) >= 11 is 0. The molecule has 0 heterocycles. The second-order valence-corrected chi connectivity index (χ2v) is 4.87. The van der Waals surface area contributed by atoms with Gasteiger partial charge in [0.1, 0.15) is 6.54 Å². The van der Waals surface area contributed by atoms with Crippen molar-refractivity contribution in [2.24, 2.45) is 0 Å². The molecule has 0 saturated heterocycles. The number of aliphatic hydroxyl groups excluding tert-OH is 1. The van der Waals surface area contributed by atoms with Crippen molar-refractivity contribution in [3.63, 3.8) is 0 Å². The second-order valence-electron chi connectivity index (χ2n) is 4.87. The molecule has 0 aromatic carbocycles. The third kappa shape index (κ3) is 7.80. The molecule has 0 aliphatic rings. The Morgan fingerprint density at radius 2 is 1.47 bits per heavy atom. The van der Waals surface area contributed by atoms with Crippen molar-refractivity contribution in [1.29, 1.82) is 0 Å². The Kier molecular flexibility index (Phi) is 9.12.